The van der Waals surface area contributed by atoms with Crippen LogP contribution in [0.3, 0.4) is 0 Å². The molecule has 5 heterocycles. The minimum Gasteiger partial charge on any atom is -0.336 e. The number of aromatic nitrogens is 2. The van der Waals surface area contributed by atoms with E-state index in [2.05, 4.69) is 15.3 Å². The van der Waals surface area contributed by atoms with Crippen LogP contribution in [-0.4, -0.2) is 70.7 Å². The van der Waals surface area contributed by atoms with E-state index in [0.717, 1.165) is 12.1 Å². The van der Waals surface area contributed by atoms with Crippen LogP contribution in [0.4, 0.5) is 34.0 Å². The molecule has 2 bridgehead atoms. The van der Waals surface area contributed by atoms with E-state index in [4.69, 9.17) is 0 Å². The zero-order valence-corrected chi connectivity index (χ0v) is 19.2. The Morgan fingerprint density at radius 3 is 2.64 bits per heavy atom. The molecule has 4 aliphatic rings. The molecule has 1 aliphatic carbocycles. The van der Waals surface area contributed by atoms with Gasteiger partial charge in [0.1, 0.15) is 23.0 Å². The first-order valence-corrected chi connectivity index (χ1v) is 11.3. The summed E-state index contributed by atoms with van der Waals surface area (Å²) in [6.07, 6.45) is -3.44. The van der Waals surface area contributed by atoms with E-state index in [0.29, 0.717) is 31.1 Å². The average Bonchev–Trinajstić information content (AvgIpc) is 2.79. The van der Waals surface area contributed by atoms with Gasteiger partial charge in [-0.05, 0) is 25.2 Å². The number of rotatable bonds is 4. The standard InChI is InChI=1S/C23H22F4N6O3/c1-31-4-5-32(19(35)11-31)10-13-6-16-20(29-17(13)12-34)33(15-7-22(16,24)8-15)21(36)30-18-3-2-14(9-28-18)23(25,26)27/h2-3,6,9,12,15H,4-5,7-8,10-11H2,1H3,(H,28,30,36). The third-order valence-electron chi connectivity index (χ3n) is 6.84. The number of halogens is 4. The van der Waals surface area contributed by atoms with Crippen molar-refractivity contribution < 1.29 is 31.9 Å². The summed E-state index contributed by atoms with van der Waals surface area (Å²) in [5.41, 5.74) is -2.18. The van der Waals surface area contributed by atoms with E-state index in [-0.39, 0.29) is 54.7 Å². The lowest BCUT2D eigenvalue weighted by Crippen LogP contribution is -2.60. The lowest BCUT2D eigenvalue weighted by Gasteiger charge is -2.52. The number of carbonyl (C=O) groups excluding carboxylic acids is 3. The normalized spacial score (nSPS) is 23.7. The Bertz CT molecular complexity index is 1230. The molecule has 0 atom stereocenters. The molecule has 6 rings (SSSR count). The molecule has 0 aromatic carbocycles. The summed E-state index contributed by atoms with van der Waals surface area (Å²) in [6.45, 7) is 1.42. The fourth-order valence-corrected chi connectivity index (χ4v) is 4.83. The van der Waals surface area contributed by atoms with E-state index >= 15 is 4.39 Å². The topological polar surface area (TPSA) is 98.7 Å². The monoisotopic (exact) mass is 506 g/mol. The summed E-state index contributed by atoms with van der Waals surface area (Å²) in [5, 5.41) is 2.43. The van der Waals surface area contributed by atoms with Gasteiger partial charge in [-0.3, -0.25) is 24.7 Å². The zero-order valence-electron chi connectivity index (χ0n) is 19.2. The average molecular weight is 506 g/mol. The van der Waals surface area contributed by atoms with Gasteiger partial charge in [0, 0.05) is 55.8 Å². The van der Waals surface area contributed by atoms with Crippen LogP contribution in [0.15, 0.2) is 24.4 Å². The lowest BCUT2D eigenvalue weighted by atomic mass is 9.68. The fourth-order valence-electron chi connectivity index (χ4n) is 4.83. The molecule has 1 saturated carbocycles. The molecular weight excluding hydrogens is 484 g/mol. The van der Waals surface area contributed by atoms with Crippen molar-refractivity contribution in [1.29, 1.82) is 0 Å². The van der Waals surface area contributed by atoms with Crippen molar-refractivity contribution in [3.05, 3.63) is 46.8 Å². The number of nitrogens with one attached hydrogen (secondary N) is 1. The molecule has 3 aliphatic heterocycles. The maximum Gasteiger partial charge on any atom is 0.417 e. The molecule has 36 heavy (non-hydrogen) atoms. The number of nitrogens with zero attached hydrogens (tertiary/aromatic N) is 5. The molecule has 190 valence electrons. The van der Waals surface area contributed by atoms with Crippen LogP contribution < -0.4 is 10.2 Å². The van der Waals surface area contributed by atoms with Gasteiger partial charge in [-0.15, -0.1) is 0 Å². The summed E-state index contributed by atoms with van der Waals surface area (Å²) >= 11 is 0. The van der Waals surface area contributed by atoms with Crippen molar-refractivity contribution in [1.82, 2.24) is 19.8 Å². The number of hydrogen-bond donors (Lipinski definition) is 1. The van der Waals surface area contributed by atoms with Gasteiger partial charge in [-0.1, -0.05) is 0 Å². The highest BCUT2D eigenvalue weighted by Gasteiger charge is 2.57. The van der Waals surface area contributed by atoms with Crippen LogP contribution in [0, 0.1) is 0 Å². The molecule has 2 aromatic rings. The fraction of sp³-hybridized carbons (Fsp3) is 0.435. The first-order chi connectivity index (χ1) is 17.0. The van der Waals surface area contributed by atoms with Crippen molar-refractivity contribution in [2.24, 2.45) is 0 Å². The molecule has 1 saturated heterocycles. The number of urea groups is 1. The summed E-state index contributed by atoms with van der Waals surface area (Å²) < 4.78 is 53.9. The summed E-state index contributed by atoms with van der Waals surface area (Å²) in [4.78, 5) is 49.9. The van der Waals surface area contributed by atoms with Crippen LogP contribution >= 0.6 is 0 Å². The van der Waals surface area contributed by atoms with Gasteiger partial charge in [0.25, 0.3) is 0 Å². The van der Waals surface area contributed by atoms with E-state index in [1.54, 1.807) is 4.90 Å². The Hall–Kier alpha value is -3.61. The molecule has 9 nitrogen and oxygen atoms in total. The van der Waals surface area contributed by atoms with Crippen LogP contribution in [0.2, 0.25) is 0 Å². The molecule has 1 N–H and O–H groups in total. The number of pyridine rings is 2. The number of aldehydes is 1. The van der Waals surface area contributed by atoms with Gasteiger partial charge < -0.3 is 4.90 Å². The van der Waals surface area contributed by atoms with Crippen LogP contribution in [0.25, 0.3) is 0 Å². The SMILES string of the molecule is CN1CCN(Cc2cc3c(nc2C=O)N(C(=O)Nc2ccc(C(F)(F)F)cn2)C2CC3(F)C2)C(=O)C1. The van der Waals surface area contributed by atoms with Gasteiger partial charge >= 0.3 is 12.2 Å². The minimum atomic E-state index is -4.57. The Morgan fingerprint density at radius 2 is 2.03 bits per heavy atom. The summed E-state index contributed by atoms with van der Waals surface area (Å²) in [6, 6.07) is 2.02. The quantitative estimate of drug-likeness (QED) is 0.506. The Kier molecular flexibility index (Phi) is 5.69. The molecule has 0 spiro atoms. The second kappa shape index (κ2) is 8.50. The van der Waals surface area contributed by atoms with E-state index < -0.39 is 29.5 Å². The Morgan fingerprint density at radius 1 is 1.28 bits per heavy atom. The van der Waals surface area contributed by atoms with Crippen molar-refractivity contribution in [2.45, 2.75) is 37.3 Å². The van der Waals surface area contributed by atoms with Crippen LogP contribution in [0.5, 0.6) is 0 Å². The molecule has 0 radical (unpaired) electrons. The second-order valence-corrected chi connectivity index (χ2v) is 9.33. The Balaban J connectivity index is 1.43. The smallest absolute Gasteiger partial charge is 0.336 e. The van der Waals surface area contributed by atoms with E-state index in [1.165, 1.54) is 11.0 Å². The number of likely N-dealkylation sites (N-methyl/N-ethyl adjacent to an activating group) is 1. The van der Waals surface area contributed by atoms with E-state index in [1.807, 2.05) is 11.9 Å². The number of alkyl halides is 4. The van der Waals surface area contributed by atoms with Crippen LogP contribution in [0.1, 0.15) is 40.0 Å². The van der Waals surface area contributed by atoms with Crippen molar-refractivity contribution in [3.8, 4) is 0 Å². The van der Waals surface area contributed by atoms with Gasteiger partial charge in [0.15, 0.2) is 6.29 Å². The van der Waals surface area contributed by atoms with Gasteiger partial charge in [0.05, 0.1) is 12.1 Å². The molecule has 2 fully saturated rings. The number of hydrogen-bond acceptors (Lipinski definition) is 6. The van der Waals surface area contributed by atoms with Gasteiger partial charge in [0.2, 0.25) is 5.91 Å². The first-order valence-electron chi connectivity index (χ1n) is 11.3. The third-order valence-corrected chi connectivity index (χ3v) is 6.84. The lowest BCUT2D eigenvalue weighted by molar-refractivity contribution is -0.138. The maximum atomic E-state index is 15.6. The first kappa shape index (κ1) is 24.1. The minimum absolute atomic E-state index is 0.0167. The highest BCUT2D eigenvalue weighted by molar-refractivity contribution is 6.03. The molecule has 3 amide bonds. The van der Waals surface area contributed by atoms with Crippen molar-refractivity contribution in [2.75, 3.05) is 36.9 Å². The summed E-state index contributed by atoms with van der Waals surface area (Å²) in [7, 11) is 1.83. The van der Waals surface area contributed by atoms with E-state index in [9.17, 15) is 27.6 Å². The zero-order chi connectivity index (χ0) is 25.8. The Labute approximate surface area is 203 Å². The number of carbonyl (C=O) groups is 3. The van der Waals surface area contributed by atoms with Crippen LogP contribution in [-0.2, 0) is 23.2 Å². The highest BCUT2D eigenvalue weighted by Crippen LogP contribution is 2.55. The predicted octanol–water partition coefficient (Wildman–Crippen LogP) is 2.96. The predicted molar refractivity (Wildman–Crippen MR) is 119 cm³/mol. The number of anilines is 2. The van der Waals surface area contributed by atoms with Crippen molar-refractivity contribution >= 4 is 29.9 Å². The molecule has 2 aromatic heterocycles. The number of piperazine rings is 1. The second-order valence-electron chi connectivity index (χ2n) is 9.33. The summed E-state index contributed by atoms with van der Waals surface area (Å²) in [5.74, 6) is -0.270. The van der Waals surface area contributed by atoms with Gasteiger partial charge in [-0.25, -0.2) is 19.2 Å². The van der Waals surface area contributed by atoms with Gasteiger partial charge in [-0.2, -0.15) is 13.2 Å². The molecule has 0 unspecified atom stereocenters. The van der Waals surface area contributed by atoms with Crippen molar-refractivity contribution in [3.63, 3.8) is 0 Å². The molecule has 13 heteroatoms. The largest absolute Gasteiger partial charge is 0.417 e. The number of amides is 3. The maximum absolute atomic E-state index is 15.6. The molecular formula is C23H22F4N6O3. The third kappa shape index (κ3) is 4.16. The highest BCUT2D eigenvalue weighted by atomic mass is 19.4.